The van der Waals surface area contributed by atoms with Crippen molar-refractivity contribution in [2.75, 3.05) is 18.0 Å². The van der Waals surface area contributed by atoms with E-state index in [1.165, 1.54) is 0 Å². The Balaban J connectivity index is 1.78. The normalized spacial score (nSPS) is 15.4. The topological polar surface area (TPSA) is 79.2 Å². The van der Waals surface area contributed by atoms with Crippen molar-refractivity contribution in [3.05, 3.63) is 48.7 Å². The fourth-order valence-electron chi connectivity index (χ4n) is 3.23. The lowest BCUT2D eigenvalue weighted by molar-refractivity contribution is -0.142. The molecule has 1 saturated heterocycles. The van der Waals surface area contributed by atoms with Crippen molar-refractivity contribution >= 4 is 23.0 Å². The number of aliphatic carboxylic acids is 1. The van der Waals surface area contributed by atoms with Crippen LogP contribution in [0.2, 0.25) is 0 Å². The van der Waals surface area contributed by atoms with Gasteiger partial charge in [-0.05, 0) is 25.0 Å². The zero-order valence-electron chi connectivity index (χ0n) is 13.7. The van der Waals surface area contributed by atoms with Crippen LogP contribution in [0.1, 0.15) is 12.8 Å². The van der Waals surface area contributed by atoms with Crippen molar-refractivity contribution in [1.29, 1.82) is 0 Å². The van der Waals surface area contributed by atoms with Gasteiger partial charge in [0.2, 0.25) is 0 Å². The highest BCUT2D eigenvalue weighted by Gasteiger charge is 2.27. The minimum atomic E-state index is -0.714. The van der Waals surface area contributed by atoms with E-state index in [9.17, 15) is 9.90 Å². The molecule has 1 N–H and O–H groups in total. The van der Waals surface area contributed by atoms with E-state index in [2.05, 4.69) is 9.88 Å². The molecule has 6 heteroatoms. The highest BCUT2D eigenvalue weighted by molar-refractivity contribution is 5.81. The summed E-state index contributed by atoms with van der Waals surface area (Å²) < 4.78 is 0. The average molecular weight is 334 g/mol. The fraction of sp³-hybridized carbons (Fsp3) is 0.263. The number of carbonyl (C=O) groups is 1. The molecule has 3 heterocycles. The van der Waals surface area contributed by atoms with Crippen molar-refractivity contribution < 1.29 is 9.90 Å². The monoisotopic (exact) mass is 334 g/mol. The number of rotatable bonds is 3. The summed E-state index contributed by atoms with van der Waals surface area (Å²) in [6.45, 7) is 1.31. The zero-order chi connectivity index (χ0) is 17.2. The molecule has 0 spiro atoms. The van der Waals surface area contributed by atoms with E-state index < -0.39 is 5.97 Å². The van der Waals surface area contributed by atoms with Gasteiger partial charge in [0.1, 0.15) is 11.2 Å². The van der Waals surface area contributed by atoms with Crippen LogP contribution in [-0.2, 0) is 4.79 Å². The third kappa shape index (κ3) is 3.03. The number of hydrogen-bond donors (Lipinski definition) is 1. The molecular formula is C19H18N4O2. The molecule has 1 aliphatic rings. The molecule has 25 heavy (non-hydrogen) atoms. The molecular weight excluding hydrogens is 316 g/mol. The maximum Gasteiger partial charge on any atom is 0.306 e. The van der Waals surface area contributed by atoms with E-state index in [0.717, 1.165) is 22.6 Å². The van der Waals surface area contributed by atoms with Gasteiger partial charge in [-0.2, -0.15) is 0 Å². The number of nitrogens with zero attached hydrogens (tertiary/aromatic N) is 4. The van der Waals surface area contributed by atoms with Crippen molar-refractivity contribution in [2.24, 2.45) is 5.92 Å². The van der Waals surface area contributed by atoms with E-state index in [4.69, 9.17) is 9.97 Å². The molecule has 0 saturated carbocycles. The number of carboxylic acids is 1. The van der Waals surface area contributed by atoms with Gasteiger partial charge in [0.05, 0.1) is 5.92 Å². The first-order chi connectivity index (χ1) is 12.2. The number of piperidine rings is 1. The maximum atomic E-state index is 11.2. The number of aromatic nitrogens is 3. The van der Waals surface area contributed by atoms with Crippen molar-refractivity contribution in [2.45, 2.75) is 12.8 Å². The number of fused-ring (bicyclic) bond motifs is 1. The number of benzene rings is 1. The van der Waals surface area contributed by atoms with Crippen LogP contribution in [0.25, 0.3) is 22.4 Å². The van der Waals surface area contributed by atoms with Crippen LogP contribution in [0.15, 0.2) is 48.7 Å². The predicted octanol–water partition coefficient (Wildman–Crippen LogP) is 2.99. The molecule has 0 aliphatic carbocycles. The second-order valence-electron chi connectivity index (χ2n) is 6.21. The van der Waals surface area contributed by atoms with Gasteiger partial charge < -0.3 is 10.0 Å². The maximum absolute atomic E-state index is 11.2. The van der Waals surface area contributed by atoms with E-state index in [1.54, 1.807) is 6.20 Å². The smallest absolute Gasteiger partial charge is 0.306 e. The number of carboxylic acid groups (broad SMARTS) is 1. The van der Waals surface area contributed by atoms with Crippen molar-refractivity contribution in [3.8, 4) is 11.3 Å². The van der Waals surface area contributed by atoms with Gasteiger partial charge in [0.25, 0.3) is 0 Å². The number of pyridine rings is 1. The second-order valence-corrected chi connectivity index (χ2v) is 6.21. The number of hydrogen-bond acceptors (Lipinski definition) is 5. The molecule has 3 aromatic rings. The van der Waals surface area contributed by atoms with Crippen LogP contribution in [0.3, 0.4) is 0 Å². The summed E-state index contributed by atoms with van der Waals surface area (Å²) >= 11 is 0. The first kappa shape index (κ1) is 15.5. The minimum absolute atomic E-state index is 0.275. The molecule has 0 bridgehead atoms. The standard InChI is InChI=1S/C19H18N4O2/c24-19(25)14-8-11-23(12-9-14)18-16(13-5-2-1-3-6-13)21-15-7-4-10-20-17(15)22-18/h1-7,10,14H,8-9,11-12H2,(H,24,25). The zero-order valence-corrected chi connectivity index (χ0v) is 13.7. The molecule has 1 aromatic carbocycles. The van der Waals surface area contributed by atoms with Crippen LogP contribution in [0.5, 0.6) is 0 Å². The van der Waals surface area contributed by atoms with Gasteiger partial charge in [-0.3, -0.25) is 4.79 Å². The van der Waals surface area contributed by atoms with E-state index in [0.29, 0.717) is 31.6 Å². The summed E-state index contributed by atoms with van der Waals surface area (Å²) in [5.41, 5.74) is 3.18. The Hall–Kier alpha value is -3.02. The van der Waals surface area contributed by atoms with Crippen molar-refractivity contribution in [1.82, 2.24) is 15.0 Å². The lowest BCUT2D eigenvalue weighted by Crippen LogP contribution is -2.37. The fourth-order valence-corrected chi connectivity index (χ4v) is 3.23. The Morgan fingerprint density at radius 2 is 1.80 bits per heavy atom. The third-order valence-corrected chi connectivity index (χ3v) is 4.61. The lowest BCUT2D eigenvalue weighted by Gasteiger charge is -2.32. The summed E-state index contributed by atoms with van der Waals surface area (Å²) in [5, 5.41) is 9.21. The molecule has 1 fully saturated rings. The lowest BCUT2D eigenvalue weighted by atomic mass is 9.97. The van der Waals surface area contributed by atoms with Gasteiger partial charge >= 0.3 is 5.97 Å². The summed E-state index contributed by atoms with van der Waals surface area (Å²) in [5.74, 6) is -0.210. The first-order valence-electron chi connectivity index (χ1n) is 8.38. The molecule has 4 rings (SSSR count). The Labute approximate surface area is 145 Å². The van der Waals surface area contributed by atoms with Gasteiger partial charge in [-0.25, -0.2) is 15.0 Å². The molecule has 6 nitrogen and oxygen atoms in total. The Morgan fingerprint density at radius 1 is 1.04 bits per heavy atom. The predicted molar refractivity (Wildman–Crippen MR) is 95.3 cm³/mol. The van der Waals surface area contributed by atoms with Crippen LogP contribution in [0, 0.1) is 5.92 Å². The third-order valence-electron chi connectivity index (χ3n) is 4.61. The van der Waals surface area contributed by atoms with Crippen LogP contribution < -0.4 is 4.90 Å². The SMILES string of the molecule is O=C(O)C1CCN(c2nc3ncccc3nc2-c2ccccc2)CC1. The molecule has 0 unspecified atom stereocenters. The highest BCUT2D eigenvalue weighted by atomic mass is 16.4. The molecule has 2 aromatic heterocycles. The van der Waals surface area contributed by atoms with Gasteiger partial charge in [0, 0.05) is 24.8 Å². The second kappa shape index (κ2) is 6.47. The van der Waals surface area contributed by atoms with E-state index in [-0.39, 0.29) is 5.92 Å². The highest BCUT2D eigenvalue weighted by Crippen LogP contribution is 2.31. The summed E-state index contributed by atoms with van der Waals surface area (Å²) in [6.07, 6.45) is 2.94. The van der Waals surface area contributed by atoms with Crippen LogP contribution in [-0.4, -0.2) is 39.1 Å². The summed E-state index contributed by atoms with van der Waals surface area (Å²) in [7, 11) is 0. The van der Waals surface area contributed by atoms with Gasteiger partial charge in [-0.15, -0.1) is 0 Å². The average Bonchev–Trinajstić information content (AvgIpc) is 2.68. The Bertz CT molecular complexity index is 906. The van der Waals surface area contributed by atoms with Crippen LogP contribution >= 0.6 is 0 Å². The Morgan fingerprint density at radius 3 is 2.52 bits per heavy atom. The van der Waals surface area contributed by atoms with Crippen LogP contribution in [0.4, 0.5) is 5.82 Å². The summed E-state index contributed by atoms with van der Waals surface area (Å²) in [6, 6.07) is 13.7. The summed E-state index contributed by atoms with van der Waals surface area (Å²) in [4.78, 5) is 27.2. The quantitative estimate of drug-likeness (QED) is 0.793. The van der Waals surface area contributed by atoms with E-state index in [1.807, 2.05) is 42.5 Å². The number of anilines is 1. The molecule has 0 radical (unpaired) electrons. The van der Waals surface area contributed by atoms with Gasteiger partial charge in [-0.1, -0.05) is 30.3 Å². The van der Waals surface area contributed by atoms with Gasteiger partial charge in [0.15, 0.2) is 11.5 Å². The van der Waals surface area contributed by atoms with Crippen molar-refractivity contribution in [3.63, 3.8) is 0 Å². The molecule has 0 amide bonds. The molecule has 1 aliphatic heterocycles. The molecule has 0 atom stereocenters. The van der Waals surface area contributed by atoms with E-state index >= 15 is 0 Å². The largest absolute Gasteiger partial charge is 0.481 e. The first-order valence-corrected chi connectivity index (χ1v) is 8.38. The minimum Gasteiger partial charge on any atom is -0.481 e. The molecule has 126 valence electrons. The Kier molecular flexibility index (Phi) is 4.01.